The van der Waals surface area contributed by atoms with Gasteiger partial charge in [0.25, 0.3) is 0 Å². The number of aliphatic imine (C=N–C) groups is 1. The number of guanidine groups is 1. The van der Waals surface area contributed by atoms with Crippen LogP contribution in [0, 0.1) is 5.92 Å². The van der Waals surface area contributed by atoms with Crippen LogP contribution in [-0.2, 0) is 0 Å². The minimum Gasteiger partial charge on any atom is -0.370 e. The molecule has 1 saturated carbocycles. The number of halogens is 1. The van der Waals surface area contributed by atoms with Crippen molar-refractivity contribution in [2.45, 2.75) is 44.6 Å². The van der Waals surface area contributed by atoms with E-state index >= 15 is 0 Å². The van der Waals surface area contributed by atoms with Gasteiger partial charge in [0.15, 0.2) is 5.96 Å². The van der Waals surface area contributed by atoms with Crippen LogP contribution in [0.1, 0.15) is 44.1 Å². The van der Waals surface area contributed by atoms with Crippen LogP contribution in [0.15, 0.2) is 35.3 Å². The molecule has 1 aliphatic carbocycles. The maximum Gasteiger partial charge on any atom is 0.191 e. The first-order valence-electron chi connectivity index (χ1n) is 7.85. The number of hydrogen-bond donors (Lipinski definition) is 1. The minimum atomic E-state index is 0. The second-order valence-corrected chi connectivity index (χ2v) is 6.39. The lowest BCUT2D eigenvalue weighted by Gasteiger charge is -2.36. The summed E-state index contributed by atoms with van der Waals surface area (Å²) in [7, 11) is 0. The quantitative estimate of drug-likeness (QED) is 0.469. The lowest BCUT2D eigenvalue weighted by Crippen LogP contribution is -2.44. The SMILES string of the molecule is CC1CCN(C(N)=NC2CC(c3ccccc3)C2)CC1.I. The number of rotatable bonds is 2. The summed E-state index contributed by atoms with van der Waals surface area (Å²) in [5.74, 6) is 2.29. The Morgan fingerprint density at radius 1 is 1.14 bits per heavy atom. The van der Waals surface area contributed by atoms with Gasteiger partial charge < -0.3 is 10.6 Å². The maximum absolute atomic E-state index is 6.16. The van der Waals surface area contributed by atoms with Gasteiger partial charge in [0.1, 0.15) is 0 Å². The molecule has 0 unspecified atom stereocenters. The Morgan fingerprint density at radius 3 is 2.38 bits per heavy atom. The molecule has 1 aromatic rings. The normalized spacial score (nSPS) is 26.9. The molecule has 0 radical (unpaired) electrons. The Labute approximate surface area is 145 Å². The van der Waals surface area contributed by atoms with E-state index in [-0.39, 0.29) is 24.0 Å². The van der Waals surface area contributed by atoms with Crippen LogP contribution in [0.5, 0.6) is 0 Å². The highest BCUT2D eigenvalue weighted by Gasteiger charge is 2.30. The average molecular weight is 399 g/mol. The van der Waals surface area contributed by atoms with Crippen LogP contribution >= 0.6 is 24.0 Å². The van der Waals surface area contributed by atoms with Crippen molar-refractivity contribution in [3.63, 3.8) is 0 Å². The predicted octanol–water partition coefficient (Wildman–Crippen LogP) is 3.60. The Morgan fingerprint density at radius 2 is 1.76 bits per heavy atom. The van der Waals surface area contributed by atoms with Crippen molar-refractivity contribution in [3.8, 4) is 0 Å². The van der Waals surface area contributed by atoms with Crippen LogP contribution in [-0.4, -0.2) is 30.0 Å². The molecule has 21 heavy (non-hydrogen) atoms. The lowest BCUT2D eigenvalue weighted by atomic mass is 9.76. The van der Waals surface area contributed by atoms with Crippen molar-refractivity contribution < 1.29 is 0 Å². The Balaban J connectivity index is 0.00000161. The molecule has 0 amide bonds. The summed E-state index contributed by atoms with van der Waals surface area (Å²) in [6, 6.07) is 11.2. The Hall–Kier alpha value is -0.780. The van der Waals surface area contributed by atoms with Gasteiger partial charge in [-0.2, -0.15) is 0 Å². The number of likely N-dealkylation sites (tertiary alicyclic amines) is 1. The number of nitrogens with zero attached hydrogens (tertiary/aromatic N) is 2. The van der Waals surface area contributed by atoms with Gasteiger partial charge >= 0.3 is 0 Å². The highest BCUT2D eigenvalue weighted by molar-refractivity contribution is 14.0. The van der Waals surface area contributed by atoms with Crippen LogP contribution in [0.2, 0.25) is 0 Å². The maximum atomic E-state index is 6.16. The third-order valence-corrected chi connectivity index (χ3v) is 4.81. The smallest absolute Gasteiger partial charge is 0.191 e. The van der Waals surface area contributed by atoms with Crippen LogP contribution in [0.3, 0.4) is 0 Å². The summed E-state index contributed by atoms with van der Waals surface area (Å²) in [4.78, 5) is 6.99. The zero-order valence-electron chi connectivity index (χ0n) is 12.7. The summed E-state index contributed by atoms with van der Waals surface area (Å²) < 4.78 is 0. The average Bonchev–Trinajstić information content (AvgIpc) is 2.44. The summed E-state index contributed by atoms with van der Waals surface area (Å²) in [6.45, 7) is 4.47. The molecule has 0 spiro atoms. The van der Waals surface area contributed by atoms with Crippen molar-refractivity contribution >= 4 is 29.9 Å². The highest BCUT2D eigenvalue weighted by atomic mass is 127. The van der Waals surface area contributed by atoms with Gasteiger partial charge in [0, 0.05) is 13.1 Å². The molecule has 0 aromatic heterocycles. The van der Waals surface area contributed by atoms with Crippen molar-refractivity contribution in [1.82, 2.24) is 4.90 Å². The fourth-order valence-corrected chi connectivity index (χ4v) is 3.20. The molecule has 3 rings (SSSR count). The molecule has 2 N–H and O–H groups in total. The standard InChI is InChI=1S/C17H25N3.HI/c1-13-7-9-20(10-8-13)17(18)19-16-11-15(12-16)14-5-3-2-4-6-14;/h2-6,13,15-16H,7-12H2,1H3,(H2,18,19);1H. The van der Waals surface area contributed by atoms with E-state index in [0.717, 1.165) is 37.8 Å². The van der Waals surface area contributed by atoms with E-state index in [0.29, 0.717) is 12.0 Å². The van der Waals surface area contributed by atoms with Gasteiger partial charge in [-0.3, -0.25) is 0 Å². The number of piperidine rings is 1. The first-order valence-corrected chi connectivity index (χ1v) is 7.85. The first kappa shape index (κ1) is 16.6. The van der Waals surface area contributed by atoms with Crippen LogP contribution < -0.4 is 5.73 Å². The van der Waals surface area contributed by atoms with Crippen molar-refractivity contribution in [2.75, 3.05) is 13.1 Å². The van der Waals surface area contributed by atoms with Crippen molar-refractivity contribution in [2.24, 2.45) is 16.6 Å². The van der Waals surface area contributed by atoms with E-state index in [2.05, 4.69) is 42.2 Å². The molecule has 0 atom stereocenters. The predicted molar refractivity (Wildman–Crippen MR) is 99.2 cm³/mol. The van der Waals surface area contributed by atoms with E-state index in [9.17, 15) is 0 Å². The molecule has 1 heterocycles. The molecule has 0 bridgehead atoms. The van der Waals surface area contributed by atoms with Gasteiger partial charge in [-0.15, -0.1) is 24.0 Å². The molecule has 116 valence electrons. The molecule has 1 aliphatic heterocycles. The largest absolute Gasteiger partial charge is 0.370 e. The molecule has 2 aliphatic rings. The second-order valence-electron chi connectivity index (χ2n) is 6.39. The number of hydrogen-bond acceptors (Lipinski definition) is 1. The monoisotopic (exact) mass is 399 g/mol. The van der Waals surface area contributed by atoms with Crippen molar-refractivity contribution in [3.05, 3.63) is 35.9 Å². The third-order valence-electron chi connectivity index (χ3n) is 4.81. The van der Waals surface area contributed by atoms with Crippen molar-refractivity contribution in [1.29, 1.82) is 0 Å². The first-order chi connectivity index (χ1) is 9.72. The van der Waals surface area contributed by atoms with E-state index in [4.69, 9.17) is 10.7 Å². The number of nitrogens with two attached hydrogens (primary N) is 1. The fourth-order valence-electron chi connectivity index (χ4n) is 3.20. The Kier molecular flexibility index (Phi) is 5.90. The molecular formula is C17H26IN3. The van der Waals surface area contributed by atoms with Gasteiger partial charge in [-0.25, -0.2) is 4.99 Å². The van der Waals surface area contributed by atoms with E-state index < -0.39 is 0 Å². The minimum absolute atomic E-state index is 0. The summed E-state index contributed by atoms with van der Waals surface area (Å²) >= 11 is 0. The van der Waals surface area contributed by atoms with E-state index in [1.54, 1.807) is 0 Å². The zero-order valence-corrected chi connectivity index (χ0v) is 15.1. The van der Waals surface area contributed by atoms with Gasteiger partial charge in [-0.1, -0.05) is 37.3 Å². The highest BCUT2D eigenvalue weighted by Crippen LogP contribution is 2.38. The third kappa shape index (κ3) is 4.11. The molecule has 1 saturated heterocycles. The van der Waals surface area contributed by atoms with Crippen LogP contribution in [0.4, 0.5) is 0 Å². The van der Waals surface area contributed by atoms with Gasteiger partial charge in [0.2, 0.25) is 0 Å². The summed E-state index contributed by atoms with van der Waals surface area (Å²) in [5.41, 5.74) is 7.61. The van der Waals surface area contributed by atoms with Gasteiger partial charge in [-0.05, 0) is 43.1 Å². The summed E-state index contributed by atoms with van der Waals surface area (Å²) in [6.07, 6.45) is 4.78. The fraction of sp³-hybridized carbons (Fsp3) is 0.588. The van der Waals surface area contributed by atoms with Gasteiger partial charge in [0.05, 0.1) is 6.04 Å². The molecule has 4 heteroatoms. The molecular weight excluding hydrogens is 373 g/mol. The zero-order chi connectivity index (χ0) is 13.9. The van der Waals surface area contributed by atoms with Crippen LogP contribution in [0.25, 0.3) is 0 Å². The topological polar surface area (TPSA) is 41.6 Å². The molecule has 3 nitrogen and oxygen atoms in total. The number of benzene rings is 1. The Bertz CT molecular complexity index is 460. The van der Waals surface area contributed by atoms with E-state index in [1.807, 2.05) is 0 Å². The van der Waals surface area contributed by atoms with E-state index in [1.165, 1.54) is 18.4 Å². The second kappa shape index (κ2) is 7.47. The summed E-state index contributed by atoms with van der Waals surface area (Å²) in [5, 5.41) is 0. The molecule has 1 aromatic carbocycles. The lowest BCUT2D eigenvalue weighted by molar-refractivity contribution is 0.272. The molecule has 2 fully saturated rings.